The minimum atomic E-state index is -2.79. The van der Waals surface area contributed by atoms with Crippen LogP contribution < -0.4 is 0 Å². The number of carbonyl (C=O) groups excluding carboxylic acids is 3. The number of benzene rings is 1. The minimum Gasteiger partial charge on any atom is -0.511 e. The first kappa shape index (κ1) is 27.8. The third kappa shape index (κ3) is 2.98. The summed E-state index contributed by atoms with van der Waals surface area (Å²) in [5.74, 6) is -5.75. The predicted molar refractivity (Wildman–Crippen MR) is 146 cm³/mol. The fourth-order valence-electron chi connectivity index (χ4n) is 8.76. The number of hydrogen-bond donors (Lipinski definition) is 4. The summed E-state index contributed by atoms with van der Waals surface area (Å²) in [6, 6.07) is 4.01. The zero-order valence-electron chi connectivity index (χ0n) is 24.1. The van der Waals surface area contributed by atoms with Crippen molar-refractivity contribution in [2.24, 2.45) is 22.7 Å². The Hall–Kier alpha value is -2.77. The van der Waals surface area contributed by atoms with E-state index in [1.54, 1.807) is 20.8 Å². The lowest BCUT2D eigenvalue weighted by molar-refractivity contribution is -0.211. The number of rotatable bonds is 2. The number of aliphatic hydroxyl groups is 4. The SMILES string of the molecule is CC(=O)C1=C(O)C(C(C)C)[C@@]2(C)[C@H](O)[C@]3(C)C(=C(O)[C@@]2(O)C1=O)C(=O)c1c(ccc2c1CCCC2(C)C)[C@H]3C. The molecular formula is C32H40O7. The molecule has 1 aromatic rings. The molecule has 0 spiro atoms. The third-order valence-electron chi connectivity index (χ3n) is 10.9. The van der Waals surface area contributed by atoms with Gasteiger partial charge in [-0.2, -0.15) is 0 Å². The number of Topliss-reactive ketones (excluding diaryl/α,β-unsaturated/α-hetero) is 3. The van der Waals surface area contributed by atoms with Gasteiger partial charge in [-0.15, -0.1) is 0 Å². The van der Waals surface area contributed by atoms with E-state index >= 15 is 0 Å². The van der Waals surface area contributed by atoms with Crippen molar-refractivity contribution in [3.05, 3.63) is 57.1 Å². The number of fused-ring (bicyclic) bond motifs is 5. The Kier molecular flexibility index (Phi) is 5.80. The monoisotopic (exact) mass is 536 g/mol. The molecule has 7 nitrogen and oxygen atoms in total. The molecule has 0 radical (unpaired) electrons. The topological polar surface area (TPSA) is 132 Å². The lowest BCUT2D eigenvalue weighted by Gasteiger charge is -2.63. The average molecular weight is 537 g/mol. The second kappa shape index (κ2) is 8.14. The number of ketones is 3. The Balaban J connectivity index is 1.89. The van der Waals surface area contributed by atoms with Gasteiger partial charge in [0.15, 0.2) is 17.2 Å². The molecule has 7 heteroatoms. The normalized spacial score (nSPS) is 37.4. The molecule has 39 heavy (non-hydrogen) atoms. The molecule has 0 fully saturated rings. The molecular weight excluding hydrogens is 496 g/mol. The van der Waals surface area contributed by atoms with Crippen LogP contribution in [0.15, 0.2) is 34.8 Å². The van der Waals surface area contributed by atoms with E-state index in [0.717, 1.165) is 36.5 Å². The van der Waals surface area contributed by atoms with Crippen LogP contribution in [0, 0.1) is 22.7 Å². The largest absolute Gasteiger partial charge is 0.511 e. The number of allylic oxidation sites excluding steroid dienone is 1. The molecule has 1 aromatic carbocycles. The van der Waals surface area contributed by atoms with E-state index < -0.39 is 74.7 Å². The van der Waals surface area contributed by atoms with E-state index in [2.05, 4.69) is 19.9 Å². The van der Waals surface area contributed by atoms with Crippen LogP contribution in [0.5, 0.6) is 0 Å². The second-order valence-electron chi connectivity index (χ2n) is 13.6. The predicted octanol–water partition coefficient (Wildman–Crippen LogP) is 4.79. The molecule has 0 aliphatic heterocycles. The van der Waals surface area contributed by atoms with Crippen LogP contribution in [0.4, 0.5) is 0 Å². The number of aliphatic hydroxyl groups excluding tert-OH is 3. The van der Waals surface area contributed by atoms with E-state index in [4.69, 9.17) is 0 Å². The van der Waals surface area contributed by atoms with Crippen LogP contribution in [-0.4, -0.2) is 49.5 Å². The van der Waals surface area contributed by atoms with Crippen LogP contribution >= 0.6 is 0 Å². The highest BCUT2D eigenvalue weighted by Gasteiger charge is 2.76. The van der Waals surface area contributed by atoms with Gasteiger partial charge < -0.3 is 20.4 Å². The maximum Gasteiger partial charge on any atom is 0.209 e. The summed E-state index contributed by atoms with van der Waals surface area (Å²) in [5.41, 5.74) is -3.75. The van der Waals surface area contributed by atoms with E-state index in [0.29, 0.717) is 12.0 Å². The van der Waals surface area contributed by atoms with Crippen molar-refractivity contribution in [2.45, 2.75) is 97.7 Å². The fraction of sp³-hybridized carbons (Fsp3) is 0.594. The van der Waals surface area contributed by atoms with Crippen LogP contribution in [0.3, 0.4) is 0 Å². The van der Waals surface area contributed by atoms with Crippen LogP contribution in [0.25, 0.3) is 0 Å². The van der Waals surface area contributed by atoms with E-state index in [1.165, 1.54) is 6.92 Å². The second-order valence-corrected chi connectivity index (χ2v) is 13.6. The Labute approximate surface area is 229 Å². The van der Waals surface area contributed by atoms with E-state index in [-0.39, 0.29) is 11.0 Å². The molecule has 0 saturated carbocycles. The highest BCUT2D eigenvalue weighted by molar-refractivity contribution is 6.25. The number of carbonyl (C=O) groups is 3. The Bertz CT molecular complexity index is 1410. The molecule has 4 aliphatic carbocycles. The van der Waals surface area contributed by atoms with Crippen molar-refractivity contribution in [3.63, 3.8) is 0 Å². The molecule has 0 amide bonds. The zero-order chi connectivity index (χ0) is 29.2. The number of hydrogen-bond acceptors (Lipinski definition) is 7. The van der Waals surface area contributed by atoms with E-state index in [1.807, 2.05) is 13.0 Å². The highest BCUT2D eigenvalue weighted by Crippen LogP contribution is 2.67. The Morgan fingerprint density at radius 2 is 1.69 bits per heavy atom. The molecule has 0 aromatic heterocycles. The first-order valence-corrected chi connectivity index (χ1v) is 14.0. The molecule has 4 aliphatic rings. The lowest BCUT2D eigenvalue weighted by atomic mass is 9.41. The van der Waals surface area contributed by atoms with Gasteiger partial charge in [0, 0.05) is 22.3 Å². The maximum absolute atomic E-state index is 14.5. The van der Waals surface area contributed by atoms with Gasteiger partial charge in [0.25, 0.3) is 0 Å². The zero-order valence-corrected chi connectivity index (χ0v) is 24.1. The van der Waals surface area contributed by atoms with Crippen molar-refractivity contribution in [1.82, 2.24) is 0 Å². The standard InChI is InChI=1S/C32H40O7/c1-14(2)22-24(34)20(16(4)33)26(36)32(39)27(37)23-25(35)21-17(15(3)30(23,7)28(38)31(22,32)8)11-12-19-18(21)10-9-13-29(19,5)6/h11-12,14-15,22,28,34,37-39H,9-10,13H2,1-8H3/t15-,22?,28-,30+,31+,32+/m1/s1. The van der Waals surface area contributed by atoms with Gasteiger partial charge in [0.05, 0.1) is 11.7 Å². The molecule has 4 N–H and O–H groups in total. The summed E-state index contributed by atoms with van der Waals surface area (Å²) in [6.45, 7) is 13.9. The maximum atomic E-state index is 14.5. The molecule has 5 rings (SSSR count). The highest BCUT2D eigenvalue weighted by atomic mass is 16.4. The summed E-state index contributed by atoms with van der Waals surface area (Å²) in [4.78, 5) is 40.9. The molecule has 0 heterocycles. The van der Waals surface area contributed by atoms with Gasteiger partial charge >= 0.3 is 0 Å². The van der Waals surface area contributed by atoms with Crippen molar-refractivity contribution in [3.8, 4) is 0 Å². The van der Waals surface area contributed by atoms with Crippen molar-refractivity contribution < 1.29 is 34.8 Å². The molecule has 0 saturated heterocycles. The molecule has 210 valence electrons. The summed E-state index contributed by atoms with van der Waals surface area (Å²) in [7, 11) is 0. The van der Waals surface area contributed by atoms with Crippen LogP contribution in [0.1, 0.15) is 101 Å². The third-order valence-corrected chi connectivity index (χ3v) is 10.9. The van der Waals surface area contributed by atoms with E-state index in [9.17, 15) is 34.8 Å². The van der Waals surface area contributed by atoms with Gasteiger partial charge in [-0.1, -0.05) is 60.6 Å². The van der Waals surface area contributed by atoms with Crippen LogP contribution in [0.2, 0.25) is 0 Å². The fourth-order valence-corrected chi connectivity index (χ4v) is 8.76. The molecule has 1 unspecified atom stereocenters. The minimum absolute atomic E-state index is 0.144. The molecule has 0 bridgehead atoms. The van der Waals surface area contributed by atoms with Gasteiger partial charge in [-0.3, -0.25) is 14.4 Å². The molecule has 6 atom stereocenters. The average Bonchev–Trinajstić information content (AvgIpc) is 2.83. The summed E-state index contributed by atoms with van der Waals surface area (Å²) in [6.07, 6.45) is 1.02. The first-order valence-electron chi connectivity index (χ1n) is 14.0. The van der Waals surface area contributed by atoms with Crippen molar-refractivity contribution >= 4 is 17.3 Å². The Morgan fingerprint density at radius 3 is 2.26 bits per heavy atom. The quantitative estimate of drug-likeness (QED) is 0.400. The van der Waals surface area contributed by atoms with Crippen molar-refractivity contribution in [2.75, 3.05) is 0 Å². The van der Waals surface area contributed by atoms with Gasteiger partial charge in [-0.25, -0.2) is 0 Å². The Morgan fingerprint density at radius 1 is 1.08 bits per heavy atom. The van der Waals surface area contributed by atoms with Crippen molar-refractivity contribution in [1.29, 1.82) is 0 Å². The summed E-state index contributed by atoms with van der Waals surface area (Å²) >= 11 is 0. The first-order chi connectivity index (χ1) is 17.9. The van der Waals surface area contributed by atoms with Gasteiger partial charge in [0.2, 0.25) is 5.78 Å². The van der Waals surface area contributed by atoms with Gasteiger partial charge in [0.1, 0.15) is 17.1 Å². The summed E-state index contributed by atoms with van der Waals surface area (Å²) in [5, 5.41) is 47.8. The van der Waals surface area contributed by atoms with Gasteiger partial charge in [-0.05, 0) is 60.1 Å². The lowest BCUT2D eigenvalue weighted by Crippen LogP contribution is -2.73. The summed E-state index contributed by atoms with van der Waals surface area (Å²) < 4.78 is 0. The van der Waals surface area contributed by atoms with Crippen LogP contribution in [-0.2, 0) is 21.4 Å². The smallest absolute Gasteiger partial charge is 0.209 e.